The van der Waals surface area contributed by atoms with Crippen molar-refractivity contribution in [1.82, 2.24) is 9.80 Å². The molecule has 26 heavy (non-hydrogen) atoms. The van der Waals surface area contributed by atoms with Crippen LogP contribution in [-0.4, -0.2) is 54.9 Å². The van der Waals surface area contributed by atoms with Gasteiger partial charge < -0.3 is 19.0 Å². The summed E-state index contributed by atoms with van der Waals surface area (Å²) in [6.07, 6.45) is 1.80. The molecule has 3 rings (SSSR count). The van der Waals surface area contributed by atoms with E-state index < -0.39 is 0 Å². The van der Waals surface area contributed by atoms with Crippen molar-refractivity contribution >= 4 is 11.8 Å². The number of piperazine rings is 1. The Labute approximate surface area is 153 Å². The molecule has 2 aromatic rings. The fraction of sp³-hybridized carbons (Fsp3) is 0.400. The lowest BCUT2D eigenvalue weighted by Gasteiger charge is -2.34. The Kier molecular flexibility index (Phi) is 5.30. The van der Waals surface area contributed by atoms with Gasteiger partial charge in [0.2, 0.25) is 5.91 Å². The molecule has 1 fully saturated rings. The molecule has 6 nitrogen and oxygen atoms in total. The molecule has 0 N–H and O–H groups in total. The Hall–Kier alpha value is -2.76. The summed E-state index contributed by atoms with van der Waals surface area (Å²) in [6.45, 7) is 6.08. The minimum Gasteiger partial charge on any atom is -0.496 e. The number of rotatable bonds is 4. The van der Waals surface area contributed by atoms with E-state index in [2.05, 4.69) is 6.07 Å². The maximum atomic E-state index is 12.7. The van der Waals surface area contributed by atoms with E-state index >= 15 is 0 Å². The first-order chi connectivity index (χ1) is 12.5. The van der Waals surface area contributed by atoms with Gasteiger partial charge in [-0.2, -0.15) is 0 Å². The van der Waals surface area contributed by atoms with E-state index in [1.807, 2.05) is 24.8 Å². The van der Waals surface area contributed by atoms with Gasteiger partial charge in [0, 0.05) is 31.7 Å². The van der Waals surface area contributed by atoms with Crippen molar-refractivity contribution in [3.8, 4) is 5.75 Å². The van der Waals surface area contributed by atoms with Gasteiger partial charge in [-0.3, -0.25) is 9.59 Å². The molecule has 1 saturated heterocycles. The van der Waals surface area contributed by atoms with Crippen LogP contribution in [0.2, 0.25) is 0 Å². The lowest BCUT2D eigenvalue weighted by molar-refractivity contribution is -0.132. The van der Waals surface area contributed by atoms with Crippen molar-refractivity contribution in [2.24, 2.45) is 0 Å². The summed E-state index contributed by atoms with van der Waals surface area (Å²) < 4.78 is 10.6. The molecule has 0 unspecified atom stereocenters. The highest BCUT2D eigenvalue weighted by Crippen LogP contribution is 2.25. The van der Waals surface area contributed by atoms with Crippen molar-refractivity contribution in [3.63, 3.8) is 0 Å². The summed E-state index contributed by atoms with van der Waals surface area (Å²) in [5.41, 5.74) is 3.10. The monoisotopic (exact) mass is 356 g/mol. The summed E-state index contributed by atoms with van der Waals surface area (Å²) >= 11 is 0. The van der Waals surface area contributed by atoms with Crippen LogP contribution in [0.5, 0.6) is 5.75 Å². The lowest BCUT2D eigenvalue weighted by Crippen LogP contribution is -2.51. The smallest absolute Gasteiger partial charge is 0.289 e. The zero-order valence-electron chi connectivity index (χ0n) is 15.4. The van der Waals surface area contributed by atoms with Gasteiger partial charge in [0.15, 0.2) is 5.76 Å². The highest BCUT2D eigenvalue weighted by atomic mass is 16.5. The van der Waals surface area contributed by atoms with Crippen molar-refractivity contribution in [2.45, 2.75) is 20.3 Å². The third-order valence-corrected chi connectivity index (χ3v) is 4.78. The summed E-state index contributed by atoms with van der Waals surface area (Å²) in [6, 6.07) is 7.37. The molecule has 0 bridgehead atoms. The molecule has 0 atom stereocenters. The molecule has 1 aliphatic heterocycles. The minimum atomic E-state index is -0.127. The number of aryl methyl sites for hydroxylation is 2. The number of methoxy groups -OCH3 is 1. The van der Waals surface area contributed by atoms with Crippen LogP contribution in [0.1, 0.15) is 27.2 Å². The van der Waals surface area contributed by atoms with Crippen LogP contribution in [0.25, 0.3) is 0 Å². The number of ether oxygens (including phenoxy) is 1. The summed E-state index contributed by atoms with van der Waals surface area (Å²) in [5, 5.41) is 0. The molecule has 2 heterocycles. The largest absolute Gasteiger partial charge is 0.496 e. The van der Waals surface area contributed by atoms with Gasteiger partial charge in [0.25, 0.3) is 5.91 Å². The quantitative estimate of drug-likeness (QED) is 0.844. The normalized spacial score (nSPS) is 14.4. The predicted molar refractivity (Wildman–Crippen MR) is 97.4 cm³/mol. The van der Waals surface area contributed by atoms with Crippen LogP contribution in [0.4, 0.5) is 0 Å². The van der Waals surface area contributed by atoms with E-state index in [4.69, 9.17) is 9.15 Å². The number of carbonyl (C=O) groups excluding carboxylic acids is 2. The number of amides is 2. The molecule has 0 radical (unpaired) electrons. The molecule has 1 aromatic heterocycles. The van der Waals surface area contributed by atoms with Gasteiger partial charge in [0.1, 0.15) is 5.75 Å². The average Bonchev–Trinajstić information content (AvgIpc) is 3.17. The summed E-state index contributed by atoms with van der Waals surface area (Å²) in [7, 11) is 1.63. The van der Waals surface area contributed by atoms with Crippen molar-refractivity contribution in [3.05, 3.63) is 53.0 Å². The third-order valence-electron chi connectivity index (χ3n) is 4.78. The minimum absolute atomic E-state index is 0.0559. The summed E-state index contributed by atoms with van der Waals surface area (Å²) in [5.74, 6) is 1.02. The Morgan fingerprint density at radius 3 is 2.42 bits per heavy atom. The van der Waals surface area contributed by atoms with Crippen LogP contribution in [0, 0.1) is 13.8 Å². The molecule has 138 valence electrons. The third kappa shape index (κ3) is 3.74. The van der Waals surface area contributed by atoms with Crippen LogP contribution in [-0.2, 0) is 11.2 Å². The van der Waals surface area contributed by atoms with Gasteiger partial charge in [-0.05, 0) is 43.2 Å². The van der Waals surface area contributed by atoms with Gasteiger partial charge >= 0.3 is 0 Å². The molecule has 0 aliphatic carbocycles. The Morgan fingerprint density at radius 2 is 1.81 bits per heavy atom. The highest BCUT2D eigenvalue weighted by Gasteiger charge is 2.26. The van der Waals surface area contributed by atoms with Gasteiger partial charge in [-0.15, -0.1) is 0 Å². The van der Waals surface area contributed by atoms with E-state index in [9.17, 15) is 9.59 Å². The first-order valence-electron chi connectivity index (χ1n) is 8.74. The Morgan fingerprint density at radius 1 is 1.12 bits per heavy atom. The van der Waals surface area contributed by atoms with Crippen LogP contribution in [0.15, 0.2) is 34.9 Å². The van der Waals surface area contributed by atoms with Gasteiger partial charge in [0.05, 0.1) is 19.8 Å². The number of hydrogen-bond acceptors (Lipinski definition) is 4. The standard InChI is InChI=1S/C20H24N2O4/c1-14-11-15(2)16(18(12-14)25-3)13-19(23)21-6-8-22(9-7-21)20(24)17-5-4-10-26-17/h4-5,10-12H,6-9,13H2,1-3H3. The number of hydrogen-bond donors (Lipinski definition) is 0. The second kappa shape index (κ2) is 7.64. The Bertz CT molecular complexity index is 790. The van der Waals surface area contributed by atoms with E-state index in [0.29, 0.717) is 38.4 Å². The van der Waals surface area contributed by atoms with E-state index in [0.717, 1.165) is 22.4 Å². The van der Waals surface area contributed by atoms with Crippen LogP contribution < -0.4 is 4.74 Å². The van der Waals surface area contributed by atoms with Crippen LogP contribution >= 0.6 is 0 Å². The number of furan rings is 1. The van der Waals surface area contributed by atoms with E-state index in [1.165, 1.54) is 6.26 Å². The Balaban J connectivity index is 1.62. The van der Waals surface area contributed by atoms with Crippen molar-refractivity contribution in [1.29, 1.82) is 0 Å². The SMILES string of the molecule is COc1cc(C)cc(C)c1CC(=O)N1CCN(C(=O)c2ccco2)CC1. The average molecular weight is 356 g/mol. The molecule has 0 saturated carbocycles. The van der Waals surface area contributed by atoms with Gasteiger partial charge in [-0.1, -0.05) is 6.07 Å². The first kappa shape index (κ1) is 18.0. The summed E-state index contributed by atoms with van der Waals surface area (Å²) in [4.78, 5) is 28.6. The molecule has 2 amide bonds. The zero-order chi connectivity index (χ0) is 18.7. The number of carbonyl (C=O) groups is 2. The molecule has 0 spiro atoms. The van der Waals surface area contributed by atoms with Crippen LogP contribution in [0.3, 0.4) is 0 Å². The molecule has 6 heteroatoms. The zero-order valence-corrected chi connectivity index (χ0v) is 15.4. The number of nitrogens with zero attached hydrogens (tertiary/aromatic N) is 2. The fourth-order valence-electron chi connectivity index (χ4n) is 3.35. The van der Waals surface area contributed by atoms with E-state index in [1.54, 1.807) is 24.1 Å². The fourth-order valence-corrected chi connectivity index (χ4v) is 3.35. The number of benzene rings is 1. The highest BCUT2D eigenvalue weighted by molar-refractivity contribution is 5.91. The maximum absolute atomic E-state index is 12.7. The second-order valence-electron chi connectivity index (χ2n) is 6.59. The predicted octanol–water partition coefficient (Wildman–Crippen LogP) is 2.43. The second-order valence-corrected chi connectivity index (χ2v) is 6.59. The van der Waals surface area contributed by atoms with Crippen molar-refractivity contribution < 1.29 is 18.7 Å². The van der Waals surface area contributed by atoms with E-state index in [-0.39, 0.29) is 11.8 Å². The van der Waals surface area contributed by atoms with Gasteiger partial charge in [-0.25, -0.2) is 0 Å². The first-order valence-corrected chi connectivity index (χ1v) is 8.74. The molecular weight excluding hydrogens is 332 g/mol. The molecule has 1 aromatic carbocycles. The lowest BCUT2D eigenvalue weighted by atomic mass is 10.0. The molecular formula is C20H24N2O4. The topological polar surface area (TPSA) is 63.0 Å². The van der Waals surface area contributed by atoms with Crippen molar-refractivity contribution in [2.75, 3.05) is 33.3 Å². The molecule has 1 aliphatic rings. The maximum Gasteiger partial charge on any atom is 0.289 e.